The number of ether oxygens (including phenoxy) is 2. The summed E-state index contributed by atoms with van der Waals surface area (Å²) in [5.41, 5.74) is 1.08. The number of benzene rings is 2. The lowest BCUT2D eigenvalue weighted by molar-refractivity contribution is -0.127. The van der Waals surface area contributed by atoms with Gasteiger partial charge in [0.15, 0.2) is 11.5 Å². The minimum Gasteiger partial charge on any atom is -0.493 e. The minimum atomic E-state index is -0.426. The molecule has 7 nitrogen and oxygen atoms in total. The fourth-order valence-corrected chi connectivity index (χ4v) is 4.22. The van der Waals surface area contributed by atoms with Crippen molar-refractivity contribution in [1.82, 2.24) is 15.0 Å². The van der Waals surface area contributed by atoms with Gasteiger partial charge in [0, 0.05) is 18.4 Å². The van der Waals surface area contributed by atoms with Crippen molar-refractivity contribution in [3.63, 3.8) is 0 Å². The molecule has 1 aliphatic rings. The first-order valence-corrected chi connectivity index (χ1v) is 10.5. The second-order valence-corrected chi connectivity index (χ2v) is 7.79. The Kier molecular flexibility index (Phi) is 6.22. The number of thioether (sulfide) groups is 1. The van der Waals surface area contributed by atoms with E-state index in [0.29, 0.717) is 23.1 Å². The van der Waals surface area contributed by atoms with Crippen LogP contribution in [0.4, 0.5) is 4.39 Å². The summed E-state index contributed by atoms with van der Waals surface area (Å²) in [4.78, 5) is 18.9. The Labute approximate surface area is 182 Å². The Balaban J connectivity index is 1.51. The third-order valence-corrected chi connectivity index (χ3v) is 5.76. The molecule has 9 heteroatoms. The van der Waals surface area contributed by atoms with Crippen LogP contribution in [0.2, 0.25) is 0 Å². The van der Waals surface area contributed by atoms with Crippen LogP contribution in [0.1, 0.15) is 11.5 Å². The molecule has 4 rings (SSSR count). The number of carbonyl (C=O) groups is 1. The number of halogens is 1. The molecule has 1 saturated heterocycles. The number of hydrogen-bond acceptors (Lipinski definition) is 7. The molecule has 0 spiro atoms. The number of amides is 1. The van der Waals surface area contributed by atoms with Gasteiger partial charge in [0.05, 0.1) is 31.2 Å². The Morgan fingerprint density at radius 1 is 1.23 bits per heavy atom. The quantitative estimate of drug-likeness (QED) is 0.572. The highest BCUT2D eigenvalue weighted by Crippen LogP contribution is 2.32. The second kappa shape index (κ2) is 9.22. The summed E-state index contributed by atoms with van der Waals surface area (Å²) in [6.07, 6.45) is 1.87. The van der Waals surface area contributed by atoms with Crippen molar-refractivity contribution in [2.24, 2.45) is 0 Å². The molecule has 0 saturated carbocycles. The predicted molar refractivity (Wildman–Crippen MR) is 115 cm³/mol. The molecule has 0 radical (unpaired) electrons. The van der Waals surface area contributed by atoms with Gasteiger partial charge in [-0.2, -0.15) is 4.98 Å². The van der Waals surface area contributed by atoms with E-state index in [2.05, 4.69) is 10.1 Å². The molecule has 0 atom stereocenters. The average Bonchev–Trinajstić information content (AvgIpc) is 3.44. The van der Waals surface area contributed by atoms with Crippen LogP contribution in [0, 0.1) is 5.82 Å². The SMILES string of the molecule is COc1ccc(CC(=O)N2CCS/C2=C/c2nc(-c3ccccc3F)no2)cc1OC. The molecule has 3 aromatic rings. The van der Waals surface area contributed by atoms with E-state index in [4.69, 9.17) is 14.0 Å². The van der Waals surface area contributed by atoms with Gasteiger partial charge in [-0.15, -0.1) is 11.8 Å². The number of aromatic nitrogens is 2. The number of hydrogen-bond donors (Lipinski definition) is 0. The lowest BCUT2D eigenvalue weighted by Crippen LogP contribution is -2.28. The Morgan fingerprint density at radius 3 is 2.81 bits per heavy atom. The number of carbonyl (C=O) groups excluding carboxylic acids is 1. The van der Waals surface area contributed by atoms with Gasteiger partial charge >= 0.3 is 0 Å². The van der Waals surface area contributed by atoms with E-state index < -0.39 is 5.82 Å². The van der Waals surface area contributed by atoms with E-state index in [1.807, 2.05) is 6.07 Å². The van der Waals surface area contributed by atoms with Crippen molar-refractivity contribution in [1.29, 1.82) is 0 Å². The zero-order chi connectivity index (χ0) is 21.8. The van der Waals surface area contributed by atoms with Crippen LogP contribution in [0.25, 0.3) is 17.5 Å². The number of nitrogens with zero attached hydrogens (tertiary/aromatic N) is 3. The maximum Gasteiger partial charge on any atom is 0.253 e. The Morgan fingerprint density at radius 2 is 2.03 bits per heavy atom. The molecule has 31 heavy (non-hydrogen) atoms. The maximum atomic E-state index is 14.0. The summed E-state index contributed by atoms with van der Waals surface area (Å²) in [5.74, 6) is 1.84. The first kappa shape index (κ1) is 20.9. The Hall–Kier alpha value is -3.33. The topological polar surface area (TPSA) is 77.7 Å². The van der Waals surface area contributed by atoms with E-state index >= 15 is 0 Å². The molecule has 1 fully saturated rings. The molecular weight excluding hydrogens is 421 g/mol. The van der Waals surface area contributed by atoms with Crippen molar-refractivity contribution in [2.75, 3.05) is 26.5 Å². The van der Waals surface area contributed by atoms with Gasteiger partial charge in [0.25, 0.3) is 5.89 Å². The number of rotatable bonds is 6. The van der Waals surface area contributed by atoms with E-state index in [9.17, 15) is 9.18 Å². The van der Waals surface area contributed by atoms with Crippen LogP contribution in [0.5, 0.6) is 11.5 Å². The van der Waals surface area contributed by atoms with Crippen LogP contribution in [-0.4, -0.2) is 47.5 Å². The summed E-state index contributed by atoms with van der Waals surface area (Å²) < 4.78 is 29.8. The fourth-order valence-electron chi connectivity index (χ4n) is 3.21. The van der Waals surface area contributed by atoms with Gasteiger partial charge < -0.3 is 18.9 Å². The van der Waals surface area contributed by atoms with E-state index in [1.165, 1.54) is 17.8 Å². The fraction of sp³-hybridized carbons (Fsp3) is 0.227. The van der Waals surface area contributed by atoms with Gasteiger partial charge in [-0.25, -0.2) is 4.39 Å². The first-order chi connectivity index (χ1) is 15.1. The van der Waals surface area contributed by atoms with Crippen molar-refractivity contribution in [3.05, 3.63) is 64.8 Å². The van der Waals surface area contributed by atoms with Gasteiger partial charge in [-0.1, -0.05) is 23.4 Å². The third kappa shape index (κ3) is 4.56. The summed E-state index contributed by atoms with van der Waals surface area (Å²) in [6, 6.07) is 11.6. The number of methoxy groups -OCH3 is 2. The van der Waals surface area contributed by atoms with Crippen molar-refractivity contribution in [3.8, 4) is 22.9 Å². The van der Waals surface area contributed by atoms with Crippen LogP contribution < -0.4 is 9.47 Å². The van der Waals surface area contributed by atoms with Crippen molar-refractivity contribution in [2.45, 2.75) is 6.42 Å². The van der Waals surface area contributed by atoms with Gasteiger partial charge in [-0.05, 0) is 29.8 Å². The second-order valence-electron chi connectivity index (χ2n) is 6.68. The average molecular weight is 441 g/mol. The Bertz CT molecular complexity index is 1130. The molecule has 0 unspecified atom stereocenters. The first-order valence-electron chi connectivity index (χ1n) is 9.53. The maximum absolute atomic E-state index is 14.0. The van der Waals surface area contributed by atoms with Crippen LogP contribution >= 0.6 is 11.8 Å². The third-order valence-electron chi connectivity index (χ3n) is 4.74. The summed E-state index contributed by atoms with van der Waals surface area (Å²) in [7, 11) is 3.12. The minimum absolute atomic E-state index is 0.0580. The molecule has 1 aliphatic heterocycles. The zero-order valence-electron chi connectivity index (χ0n) is 17.0. The van der Waals surface area contributed by atoms with Crippen molar-refractivity contribution < 1.29 is 23.2 Å². The molecule has 1 amide bonds. The van der Waals surface area contributed by atoms with Crippen LogP contribution in [0.15, 0.2) is 52.0 Å². The molecular formula is C22H20FN3O4S. The molecule has 2 heterocycles. The van der Waals surface area contributed by atoms with Crippen LogP contribution in [0.3, 0.4) is 0 Å². The molecule has 0 aliphatic carbocycles. The monoisotopic (exact) mass is 441 g/mol. The van der Waals surface area contributed by atoms with Gasteiger partial charge in [-0.3, -0.25) is 4.79 Å². The lowest BCUT2D eigenvalue weighted by Gasteiger charge is -2.17. The lowest BCUT2D eigenvalue weighted by atomic mass is 10.1. The summed E-state index contributed by atoms with van der Waals surface area (Å²) >= 11 is 1.53. The van der Waals surface area contributed by atoms with E-state index in [-0.39, 0.29) is 29.6 Å². The molecule has 0 bridgehead atoms. The predicted octanol–water partition coefficient (Wildman–Crippen LogP) is 4.01. The van der Waals surface area contributed by atoms with Gasteiger partial charge in [0.2, 0.25) is 11.7 Å². The highest BCUT2D eigenvalue weighted by Gasteiger charge is 2.25. The standard InChI is InChI=1S/C22H20FN3O4S/c1-28-17-8-7-14(11-18(17)29-2)12-20(27)26-9-10-31-21(26)13-19-24-22(25-30-19)15-5-3-4-6-16(15)23/h3-8,11,13H,9-10,12H2,1-2H3/b21-13+. The van der Waals surface area contributed by atoms with E-state index in [1.54, 1.807) is 55.5 Å². The van der Waals surface area contributed by atoms with Crippen molar-refractivity contribution >= 4 is 23.7 Å². The zero-order valence-corrected chi connectivity index (χ0v) is 17.8. The smallest absolute Gasteiger partial charge is 0.253 e. The summed E-state index contributed by atoms with van der Waals surface area (Å²) in [5, 5.41) is 4.57. The molecule has 2 aromatic carbocycles. The highest BCUT2D eigenvalue weighted by atomic mass is 32.2. The normalized spacial score (nSPS) is 14.8. The van der Waals surface area contributed by atoms with Gasteiger partial charge in [0.1, 0.15) is 5.82 Å². The molecule has 1 aromatic heterocycles. The largest absolute Gasteiger partial charge is 0.493 e. The van der Waals surface area contributed by atoms with E-state index in [0.717, 1.165) is 11.3 Å². The molecule has 0 N–H and O–H groups in total. The summed E-state index contributed by atoms with van der Waals surface area (Å²) in [6.45, 7) is 0.580. The highest BCUT2D eigenvalue weighted by molar-refractivity contribution is 8.03. The van der Waals surface area contributed by atoms with Crippen LogP contribution in [-0.2, 0) is 11.2 Å². The molecule has 160 valence electrons.